The van der Waals surface area contributed by atoms with Gasteiger partial charge in [0.1, 0.15) is 0 Å². The summed E-state index contributed by atoms with van der Waals surface area (Å²) in [5.74, 6) is -0.0151. The minimum Gasteiger partial charge on any atom is -0.326 e. The van der Waals surface area contributed by atoms with Gasteiger partial charge in [0.2, 0.25) is 15.9 Å². The lowest BCUT2D eigenvalue weighted by Crippen LogP contribution is -2.34. The van der Waals surface area contributed by atoms with E-state index in [1.54, 1.807) is 22.5 Å². The van der Waals surface area contributed by atoms with Crippen LogP contribution in [-0.4, -0.2) is 56.8 Å². The van der Waals surface area contributed by atoms with Crippen molar-refractivity contribution in [1.29, 1.82) is 0 Å². The lowest BCUT2D eigenvalue weighted by atomic mass is 10.0. The Kier molecular flexibility index (Phi) is 4.20. The van der Waals surface area contributed by atoms with Gasteiger partial charge < -0.3 is 10.2 Å². The number of fused-ring (bicyclic) bond motifs is 1. The van der Waals surface area contributed by atoms with E-state index < -0.39 is 10.0 Å². The van der Waals surface area contributed by atoms with Crippen molar-refractivity contribution >= 4 is 21.6 Å². The van der Waals surface area contributed by atoms with Crippen LogP contribution in [0, 0.1) is 0 Å². The predicted molar refractivity (Wildman–Crippen MR) is 84.3 cm³/mol. The van der Waals surface area contributed by atoms with Crippen molar-refractivity contribution in [1.82, 2.24) is 9.21 Å². The van der Waals surface area contributed by atoms with Crippen molar-refractivity contribution in [2.75, 3.05) is 38.5 Å². The van der Waals surface area contributed by atoms with E-state index in [1.165, 1.54) is 0 Å². The van der Waals surface area contributed by atoms with E-state index in [0.29, 0.717) is 30.8 Å². The molecule has 2 heterocycles. The number of benzene rings is 1. The van der Waals surface area contributed by atoms with Crippen LogP contribution >= 0.6 is 0 Å². The molecule has 1 aromatic rings. The summed E-state index contributed by atoms with van der Waals surface area (Å²) in [5.41, 5.74) is 1.62. The number of carbonyl (C=O) groups is 1. The molecule has 7 heteroatoms. The van der Waals surface area contributed by atoms with Crippen molar-refractivity contribution in [2.45, 2.75) is 24.2 Å². The van der Waals surface area contributed by atoms with E-state index in [9.17, 15) is 13.2 Å². The van der Waals surface area contributed by atoms with Crippen molar-refractivity contribution in [3.05, 3.63) is 23.8 Å². The summed E-state index contributed by atoms with van der Waals surface area (Å²) in [6, 6.07) is 5.00. The molecule has 0 bridgehead atoms. The molecule has 0 unspecified atom stereocenters. The second kappa shape index (κ2) is 5.98. The summed E-state index contributed by atoms with van der Waals surface area (Å²) in [6.07, 6.45) is 1.84. The first-order chi connectivity index (χ1) is 10.5. The highest BCUT2D eigenvalue weighted by Crippen LogP contribution is 2.27. The number of nitrogens with one attached hydrogen (secondary N) is 1. The van der Waals surface area contributed by atoms with Gasteiger partial charge in [-0.3, -0.25) is 4.79 Å². The largest absolute Gasteiger partial charge is 0.326 e. The number of hydrogen-bond acceptors (Lipinski definition) is 4. The predicted octanol–water partition coefficient (Wildman–Crippen LogP) is 0.897. The van der Waals surface area contributed by atoms with Crippen LogP contribution in [0.4, 0.5) is 5.69 Å². The van der Waals surface area contributed by atoms with Crippen LogP contribution in [0.1, 0.15) is 18.4 Å². The van der Waals surface area contributed by atoms with Crippen LogP contribution in [-0.2, 0) is 21.2 Å². The molecule has 6 nitrogen and oxygen atoms in total. The van der Waals surface area contributed by atoms with Gasteiger partial charge in [0.05, 0.1) is 4.90 Å². The molecule has 3 rings (SSSR count). The van der Waals surface area contributed by atoms with Crippen molar-refractivity contribution in [3.63, 3.8) is 0 Å². The van der Waals surface area contributed by atoms with Crippen molar-refractivity contribution < 1.29 is 13.2 Å². The molecule has 0 aromatic heterocycles. The molecule has 0 spiro atoms. The normalized spacial score (nSPS) is 21.0. The van der Waals surface area contributed by atoms with Crippen molar-refractivity contribution in [2.24, 2.45) is 0 Å². The minimum absolute atomic E-state index is 0.0151. The molecule has 22 heavy (non-hydrogen) atoms. The van der Waals surface area contributed by atoms with Gasteiger partial charge in [-0.15, -0.1) is 0 Å². The first-order valence-electron chi connectivity index (χ1n) is 7.58. The molecular formula is C15H21N3O3S. The number of hydrogen-bond donors (Lipinski definition) is 1. The van der Waals surface area contributed by atoms with E-state index in [-0.39, 0.29) is 5.91 Å². The average Bonchev–Trinajstić information content (AvgIpc) is 2.71. The third-order valence-corrected chi connectivity index (χ3v) is 6.18. The summed E-state index contributed by atoms with van der Waals surface area (Å²) < 4.78 is 27.2. The third kappa shape index (κ3) is 3.02. The molecule has 0 atom stereocenters. The summed E-state index contributed by atoms with van der Waals surface area (Å²) in [7, 11) is -1.45. The zero-order valence-electron chi connectivity index (χ0n) is 12.7. The van der Waals surface area contributed by atoms with Crippen LogP contribution in [0.3, 0.4) is 0 Å². The monoisotopic (exact) mass is 323 g/mol. The molecule has 2 aliphatic heterocycles. The Morgan fingerprint density at radius 1 is 1.09 bits per heavy atom. The fourth-order valence-corrected chi connectivity index (χ4v) is 4.45. The maximum absolute atomic E-state index is 12.8. The summed E-state index contributed by atoms with van der Waals surface area (Å²) in [5, 5.41) is 2.78. The van der Waals surface area contributed by atoms with E-state index >= 15 is 0 Å². The molecule has 1 saturated heterocycles. The van der Waals surface area contributed by atoms with Gasteiger partial charge in [0.15, 0.2) is 0 Å². The first kappa shape index (κ1) is 15.5. The SMILES string of the molecule is CN1CCCN(S(=O)(=O)c2ccc3c(c2)CCC(=O)N3)CC1. The van der Waals surface area contributed by atoms with Crippen molar-refractivity contribution in [3.8, 4) is 0 Å². The van der Waals surface area contributed by atoms with Gasteiger partial charge in [0.25, 0.3) is 0 Å². The lowest BCUT2D eigenvalue weighted by Gasteiger charge is -2.22. The van der Waals surface area contributed by atoms with E-state index in [1.807, 2.05) is 7.05 Å². The second-order valence-corrected chi connectivity index (χ2v) is 7.87. The number of rotatable bonds is 2. The van der Waals surface area contributed by atoms with E-state index in [0.717, 1.165) is 30.8 Å². The topological polar surface area (TPSA) is 69.7 Å². The Morgan fingerprint density at radius 2 is 1.91 bits per heavy atom. The number of aryl methyl sites for hydroxylation is 1. The molecule has 1 aromatic carbocycles. The molecule has 120 valence electrons. The molecule has 2 aliphatic rings. The highest BCUT2D eigenvalue weighted by molar-refractivity contribution is 7.89. The number of sulfonamides is 1. The first-order valence-corrected chi connectivity index (χ1v) is 9.02. The number of anilines is 1. The van der Waals surface area contributed by atoms with Gasteiger partial charge in [-0.1, -0.05) is 0 Å². The van der Waals surface area contributed by atoms with Gasteiger partial charge >= 0.3 is 0 Å². The van der Waals surface area contributed by atoms with Gasteiger partial charge in [0, 0.05) is 31.7 Å². The number of amides is 1. The Balaban J connectivity index is 1.87. The summed E-state index contributed by atoms with van der Waals surface area (Å²) in [4.78, 5) is 13.9. The Hall–Kier alpha value is -1.44. The molecule has 1 N–H and O–H groups in total. The third-order valence-electron chi connectivity index (χ3n) is 4.29. The minimum atomic E-state index is -3.46. The Morgan fingerprint density at radius 3 is 2.73 bits per heavy atom. The van der Waals surface area contributed by atoms with Crippen LogP contribution in [0.15, 0.2) is 23.1 Å². The standard InChI is InChI=1S/C15H21N3O3S/c1-17-7-2-8-18(10-9-17)22(20,21)13-4-5-14-12(11-13)3-6-15(19)16-14/h4-5,11H,2-3,6-10H2,1H3,(H,16,19). The maximum atomic E-state index is 12.8. The molecule has 1 amide bonds. The molecule has 0 saturated carbocycles. The maximum Gasteiger partial charge on any atom is 0.243 e. The van der Waals surface area contributed by atoms with E-state index in [2.05, 4.69) is 10.2 Å². The van der Waals surface area contributed by atoms with Crippen LogP contribution in [0.25, 0.3) is 0 Å². The second-order valence-electron chi connectivity index (χ2n) is 5.93. The molecule has 1 fully saturated rings. The van der Waals surface area contributed by atoms with Gasteiger partial charge in [-0.05, 0) is 50.2 Å². The Labute approximate surface area is 131 Å². The zero-order valence-corrected chi connectivity index (χ0v) is 13.5. The van der Waals surface area contributed by atoms with Crippen LogP contribution < -0.4 is 5.32 Å². The van der Waals surface area contributed by atoms with Gasteiger partial charge in [-0.2, -0.15) is 4.31 Å². The smallest absolute Gasteiger partial charge is 0.243 e. The zero-order chi connectivity index (χ0) is 15.7. The average molecular weight is 323 g/mol. The number of likely N-dealkylation sites (N-methyl/N-ethyl adjacent to an activating group) is 1. The fraction of sp³-hybridized carbons (Fsp3) is 0.533. The number of carbonyl (C=O) groups excluding carboxylic acids is 1. The summed E-state index contributed by atoms with van der Waals surface area (Å²) in [6.45, 7) is 2.75. The quantitative estimate of drug-likeness (QED) is 0.878. The highest BCUT2D eigenvalue weighted by atomic mass is 32.2. The summed E-state index contributed by atoms with van der Waals surface area (Å²) >= 11 is 0. The van der Waals surface area contributed by atoms with E-state index in [4.69, 9.17) is 0 Å². The van der Waals surface area contributed by atoms with Gasteiger partial charge in [-0.25, -0.2) is 8.42 Å². The van der Waals surface area contributed by atoms with Crippen LogP contribution in [0.2, 0.25) is 0 Å². The lowest BCUT2D eigenvalue weighted by molar-refractivity contribution is -0.116. The number of nitrogens with zero attached hydrogens (tertiary/aromatic N) is 2. The molecule has 0 aliphatic carbocycles. The fourth-order valence-electron chi connectivity index (χ4n) is 2.93. The molecular weight excluding hydrogens is 302 g/mol. The Bertz CT molecular complexity index is 687. The van der Waals surface area contributed by atoms with Crippen LogP contribution in [0.5, 0.6) is 0 Å². The molecule has 0 radical (unpaired) electrons. The highest BCUT2D eigenvalue weighted by Gasteiger charge is 2.27.